The summed E-state index contributed by atoms with van der Waals surface area (Å²) in [6, 6.07) is 2.86. The minimum absolute atomic E-state index is 0.0921. The Morgan fingerprint density at radius 3 is 2.76 bits per heavy atom. The maximum Gasteiger partial charge on any atom is 0.227 e. The molecule has 6 heteroatoms. The van der Waals surface area contributed by atoms with Crippen LogP contribution in [0.25, 0.3) is 0 Å². The molecule has 0 spiro atoms. The molecule has 1 saturated heterocycles. The van der Waals surface area contributed by atoms with Gasteiger partial charge < -0.3 is 10.0 Å². The number of benzene rings is 1. The molecule has 1 aliphatic heterocycles. The van der Waals surface area contributed by atoms with E-state index in [-0.39, 0.29) is 40.6 Å². The van der Waals surface area contributed by atoms with E-state index in [0.29, 0.717) is 6.54 Å². The molecule has 0 bridgehead atoms. The predicted molar refractivity (Wildman–Crippen MR) is 64.0 cm³/mol. The third-order valence-electron chi connectivity index (χ3n) is 2.77. The monoisotopic (exact) mass is 277 g/mol. The first-order chi connectivity index (χ1) is 8.04. The minimum atomic E-state index is -0.703. The average Bonchev–Trinajstić information content (AvgIpc) is 2.68. The second-order valence-corrected chi connectivity index (χ2v) is 4.74. The molecule has 1 aliphatic rings. The largest absolute Gasteiger partial charge is 0.396 e. The van der Waals surface area contributed by atoms with Crippen LogP contribution in [-0.4, -0.2) is 24.2 Å². The van der Waals surface area contributed by atoms with Crippen LogP contribution in [-0.2, 0) is 4.79 Å². The lowest BCUT2D eigenvalue weighted by Gasteiger charge is -2.18. The molecular formula is C11H10Cl2FNO2. The number of nitrogens with zero attached hydrogens (tertiary/aromatic N) is 1. The maximum absolute atomic E-state index is 13.8. The van der Waals surface area contributed by atoms with E-state index >= 15 is 0 Å². The quantitative estimate of drug-likeness (QED) is 0.844. The molecular weight excluding hydrogens is 268 g/mol. The van der Waals surface area contributed by atoms with Crippen LogP contribution in [0.5, 0.6) is 0 Å². The molecule has 0 radical (unpaired) electrons. The van der Waals surface area contributed by atoms with Gasteiger partial charge in [0.1, 0.15) is 0 Å². The molecule has 1 amide bonds. The van der Waals surface area contributed by atoms with E-state index in [2.05, 4.69) is 0 Å². The van der Waals surface area contributed by atoms with Crippen LogP contribution in [0.4, 0.5) is 10.1 Å². The Hall–Kier alpha value is -0.840. The summed E-state index contributed by atoms with van der Waals surface area (Å²) in [5, 5.41) is 8.92. The smallest absolute Gasteiger partial charge is 0.227 e. The van der Waals surface area contributed by atoms with E-state index in [4.69, 9.17) is 28.3 Å². The molecule has 0 saturated carbocycles. The predicted octanol–water partition coefficient (Wildman–Crippen LogP) is 2.48. The minimum Gasteiger partial charge on any atom is -0.396 e. The van der Waals surface area contributed by atoms with Crippen LogP contribution < -0.4 is 4.90 Å². The van der Waals surface area contributed by atoms with Gasteiger partial charge in [0.15, 0.2) is 5.82 Å². The van der Waals surface area contributed by atoms with Gasteiger partial charge in [-0.05, 0) is 12.1 Å². The SMILES string of the molecule is O=C1CC(CO)CN1c1ccc(Cl)c(Cl)c1F. The normalized spacial score (nSPS) is 20.1. The summed E-state index contributed by atoms with van der Waals surface area (Å²) in [6.45, 7) is 0.204. The number of carbonyl (C=O) groups is 1. The Morgan fingerprint density at radius 2 is 2.18 bits per heavy atom. The lowest BCUT2D eigenvalue weighted by Crippen LogP contribution is -2.26. The van der Waals surface area contributed by atoms with Crippen molar-refractivity contribution < 1.29 is 14.3 Å². The van der Waals surface area contributed by atoms with Gasteiger partial charge in [0, 0.05) is 25.5 Å². The molecule has 17 heavy (non-hydrogen) atoms. The van der Waals surface area contributed by atoms with E-state index in [1.165, 1.54) is 17.0 Å². The van der Waals surface area contributed by atoms with Crippen molar-refractivity contribution in [2.45, 2.75) is 6.42 Å². The number of carbonyl (C=O) groups excluding carboxylic acids is 1. The van der Waals surface area contributed by atoms with Crippen molar-refractivity contribution >= 4 is 34.8 Å². The van der Waals surface area contributed by atoms with Crippen molar-refractivity contribution in [1.82, 2.24) is 0 Å². The number of aliphatic hydroxyl groups excluding tert-OH is 1. The summed E-state index contributed by atoms with van der Waals surface area (Å²) >= 11 is 11.4. The Bertz CT molecular complexity index is 467. The molecule has 92 valence electrons. The molecule has 1 fully saturated rings. The van der Waals surface area contributed by atoms with Gasteiger partial charge in [-0.3, -0.25) is 4.79 Å². The van der Waals surface area contributed by atoms with Gasteiger partial charge in [-0.1, -0.05) is 23.2 Å². The molecule has 2 rings (SSSR count). The van der Waals surface area contributed by atoms with Crippen LogP contribution in [0.2, 0.25) is 10.0 Å². The fourth-order valence-electron chi connectivity index (χ4n) is 1.86. The molecule has 1 N–H and O–H groups in total. The van der Waals surface area contributed by atoms with Gasteiger partial charge in [-0.2, -0.15) is 0 Å². The van der Waals surface area contributed by atoms with E-state index in [1.54, 1.807) is 0 Å². The van der Waals surface area contributed by atoms with Crippen molar-refractivity contribution in [1.29, 1.82) is 0 Å². The summed E-state index contributed by atoms with van der Waals surface area (Å²) in [5.41, 5.74) is 0.111. The number of hydrogen-bond donors (Lipinski definition) is 1. The summed E-state index contributed by atoms with van der Waals surface area (Å²) < 4.78 is 13.8. The number of aliphatic hydroxyl groups is 1. The van der Waals surface area contributed by atoms with E-state index in [1.807, 2.05) is 0 Å². The zero-order chi connectivity index (χ0) is 12.6. The fraction of sp³-hybridized carbons (Fsp3) is 0.364. The Kier molecular flexibility index (Phi) is 3.56. The topological polar surface area (TPSA) is 40.5 Å². The molecule has 3 nitrogen and oxygen atoms in total. The number of rotatable bonds is 2. The Balaban J connectivity index is 2.35. The van der Waals surface area contributed by atoms with E-state index in [9.17, 15) is 9.18 Å². The first kappa shape index (κ1) is 12.6. The zero-order valence-electron chi connectivity index (χ0n) is 8.79. The first-order valence-electron chi connectivity index (χ1n) is 5.09. The van der Waals surface area contributed by atoms with E-state index in [0.717, 1.165) is 0 Å². The summed E-state index contributed by atoms with van der Waals surface area (Å²) in [4.78, 5) is 13.0. The molecule has 0 aromatic heterocycles. The van der Waals surface area contributed by atoms with Gasteiger partial charge in [-0.25, -0.2) is 4.39 Å². The van der Waals surface area contributed by atoms with Crippen molar-refractivity contribution in [2.24, 2.45) is 5.92 Å². The lowest BCUT2D eigenvalue weighted by molar-refractivity contribution is -0.117. The standard InChI is InChI=1S/C11H10Cl2FNO2/c12-7-1-2-8(11(14)10(7)13)15-4-6(5-16)3-9(15)17/h1-2,6,16H,3-5H2. The number of halogens is 3. The highest BCUT2D eigenvalue weighted by Gasteiger charge is 2.32. The second-order valence-electron chi connectivity index (χ2n) is 3.95. The molecule has 1 atom stereocenters. The molecule has 1 aromatic rings. The molecule has 0 aliphatic carbocycles. The van der Waals surface area contributed by atoms with Crippen molar-refractivity contribution in [3.8, 4) is 0 Å². The van der Waals surface area contributed by atoms with Crippen LogP contribution in [0, 0.1) is 11.7 Å². The third-order valence-corrected chi connectivity index (χ3v) is 3.55. The highest BCUT2D eigenvalue weighted by molar-refractivity contribution is 6.42. The average molecular weight is 278 g/mol. The highest BCUT2D eigenvalue weighted by Crippen LogP contribution is 2.34. The fourth-order valence-corrected chi connectivity index (χ4v) is 2.17. The van der Waals surface area contributed by atoms with Crippen LogP contribution in [0.1, 0.15) is 6.42 Å². The molecule has 1 unspecified atom stereocenters. The van der Waals surface area contributed by atoms with Crippen LogP contribution >= 0.6 is 23.2 Å². The van der Waals surface area contributed by atoms with Gasteiger partial charge in [0.2, 0.25) is 5.91 Å². The Labute approximate surface area is 108 Å². The van der Waals surface area contributed by atoms with Crippen molar-refractivity contribution in [3.05, 3.63) is 28.0 Å². The lowest BCUT2D eigenvalue weighted by atomic mass is 10.1. The van der Waals surface area contributed by atoms with Gasteiger partial charge in [-0.15, -0.1) is 0 Å². The van der Waals surface area contributed by atoms with E-state index < -0.39 is 5.82 Å². The van der Waals surface area contributed by atoms with Gasteiger partial charge >= 0.3 is 0 Å². The molecule has 1 aromatic carbocycles. The van der Waals surface area contributed by atoms with Crippen molar-refractivity contribution in [2.75, 3.05) is 18.1 Å². The molecule has 1 heterocycles. The Morgan fingerprint density at radius 1 is 1.47 bits per heavy atom. The zero-order valence-corrected chi connectivity index (χ0v) is 10.3. The van der Waals surface area contributed by atoms with Crippen LogP contribution in [0.15, 0.2) is 12.1 Å². The van der Waals surface area contributed by atoms with Gasteiger partial charge in [0.05, 0.1) is 15.7 Å². The maximum atomic E-state index is 13.8. The van der Waals surface area contributed by atoms with Gasteiger partial charge in [0.25, 0.3) is 0 Å². The number of hydrogen-bond acceptors (Lipinski definition) is 2. The summed E-state index contributed by atoms with van der Waals surface area (Å²) in [7, 11) is 0. The van der Waals surface area contributed by atoms with Crippen molar-refractivity contribution in [3.63, 3.8) is 0 Å². The summed E-state index contributed by atoms with van der Waals surface area (Å²) in [6.07, 6.45) is 0.218. The summed E-state index contributed by atoms with van der Waals surface area (Å²) in [5.74, 6) is -1.08. The van der Waals surface area contributed by atoms with Crippen LogP contribution in [0.3, 0.4) is 0 Å². The number of amides is 1. The third kappa shape index (κ3) is 2.25. The second kappa shape index (κ2) is 4.80. The first-order valence-corrected chi connectivity index (χ1v) is 5.85. The highest BCUT2D eigenvalue weighted by atomic mass is 35.5. The number of anilines is 1.